The molecule has 5 rings (SSSR count). The van der Waals surface area contributed by atoms with E-state index in [0.29, 0.717) is 17.9 Å². The van der Waals surface area contributed by atoms with E-state index in [4.69, 9.17) is 0 Å². The van der Waals surface area contributed by atoms with Crippen molar-refractivity contribution in [2.24, 2.45) is 9.98 Å². The third-order valence-corrected chi connectivity index (χ3v) is 8.85. The van der Waals surface area contributed by atoms with Gasteiger partial charge in [0.25, 0.3) is 0 Å². The van der Waals surface area contributed by atoms with Crippen molar-refractivity contribution in [2.75, 3.05) is 31.6 Å². The Morgan fingerprint density at radius 3 is 2.75 bits per heavy atom. The van der Waals surface area contributed by atoms with Gasteiger partial charge >= 0.3 is 0 Å². The number of rotatable bonds is 6. The normalized spacial score (nSPS) is 25.5. The lowest BCUT2D eigenvalue weighted by Gasteiger charge is -2.32. The van der Waals surface area contributed by atoms with Crippen LogP contribution in [0.1, 0.15) is 81.5 Å². The van der Waals surface area contributed by atoms with Crippen LogP contribution < -0.4 is 0 Å². The zero-order valence-corrected chi connectivity index (χ0v) is 23.0. The number of hydrogen-bond donors (Lipinski definition) is 1. The first kappa shape index (κ1) is 25.3. The third kappa shape index (κ3) is 5.50. The van der Waals surface area contributed by atoms with Crippen LogP contribution >= 0.6 is 0 Å². The van der Waals surface area contributed by atoms with Crippen LogP contribution in [0.25, 0.3) is 16.5 Å². The predicted molar refractivity (Wildman–Crippen MR) is 155 cm³/mol. The molecule has 1 aromatic carbocycles. The van der Waals surface area contributed by atoms with Gasteiger partial charge < -0.3 is 9.88 Å². The van der Waals surface area contributed by atoms with Gasteiger partial charge in [0, 0.05) is 58.1 Å². The summed E-state index contributed by atoms with van der Waals surface area (Å²) in [4.78, 5) is 15.5. The van der Waals surface area contributed by atoms with E-state index < -0.39 is 10.8 Å². The number of aliphatic imine (C=N–C) groups is 2. The van der Waals surface area contributed by atoms with Crippen LogP contribution in [0.2, 0.25) is 0 Å². The topological polar surface area (TPSA) is 60.8 Å². The predicted octanol–water partition coefficient (Wildman–Crippen LogP) is 6.21. The molecule has 3 aliphatic rings. The van der Waals surface area contributed by atoms with Crippen LogP contribution in [-0.2, 0) is 10.8 Å². The molecule has 1 fully saturated rings. The highest BCUT2D eigenvalue weighted by Crippen LogP contribution is 2.38. The lowest BCUT2D eigenvalue weighted by molar-refractivity contribution is 0.224. The molecule has 0 radical (unpaired) electrons. The van der Waals surface area contributed by atoms with E-state index in [1.165, 1.54) is 57.4 Å². The molecule has 5 nitrogen and oxygen atoms in total. The number of fused-ring (bicyclic) bond motifs is 3. The molecule has 2 unspecified atom stereocenters. The minimum atomic E-state index is -0.708. The standard InChI is InChI=1S/C30H40N4OS/c1-20(2)29-26-17-23(22-10-12-34(13-11-22)14-15-36(4)35)8-9-27(26)33-30(29)24-6-5-7-25-18-28(21(3)16-24)32-19-31-25/h6,8-9,16-17,19-20,22,25,33H,5,7,10-15,18H2,1-4H3/b21-16-,24-6+. The first-order valence-corrected chi connectivity index (χ1v) is 15.3. The van der Waals surface area contributed by atoms with Gasteiger partial charge in [-0.3, -0.25) is 9.20 Å². The Kier molecular flexibility index (Phi) is 7.73. The molecule has 1 N–H and O–H groups in total. The van der Waals surface area contributed by atoms with Crippen molar-refractivity contribution in [2.45, 2.75) is 70.8 Å². The summed E-state index contributed by atoms with van der Waals surface area (Å²) in [5.41, 5.74) is 9.07. The summed E-state index contributed by atoms with van der Waals surface area (Å²) < 4.78 is 11.5. The van der Waals surface area contributed by atoms with Crippen molar-refractivity contribution >= 4 is 39.3 Å². The Balaban J connectivity index is 1.45. The number of hydrogen-bond acceptors (Lipinski definition) is 4. The van der Waals surface area contributed by atoms with Crippen LogP contribution in [0.5, 0.6) is 0 Å². The fraction of sp³-hybridized carbons (Fsp3) is 0.533. The maximum Gasteiger partial charge on any atom is 0.110 e. The molecule has 0 amide bonds. The van der Waals surface area contributed by atoms with Crippen molar-refractivity contribution in [1.82, 2.24) is 9.88 Å². The monoisotopic (exact) mass is 504 g/mol. The van der Waals surface area contributed by atoms with Crippen LogP contribution in [0.15, 0.2) is 45.9 Å². The van der Waals surface area contributed by atoms with Gasteiger partial charge in [0.2, 0.25) is 0 Å². The molecule has 3 heterocycles. The number of aromatic nitrogens is 1. The van der Waals surface area contributed by atoms with E-state index in [0.717, 1.165) is 44.6 Å². The smallest absolute Gasteiger partial charge is 0.110 e. The molecule has 2 atom stereocenters. The van der Waals surface area contributed by atoms with Gasteiger partial charge in [-0.25, -0.2) is 4.99 Å². The minimum absolute atomic E-state index is 0.349. The number of likely N-dealkylation sites (tertiary alicyclic amines) is 1. The van der Waals surface area contributed by atoms with Crippen molar-refractivity contribution in [3.63, 3.8) is 0 Å². The summed E-state index contributed by atoms with van der Waals surface area (Å²) in [7, 11) is -0.708. The summed E-state index contributed by atoms with van der Waals surface area (Å²) in [5.74, 6) is 1.80. The van der Waals surface area contributed by atoms with E-state index in [1.54, 1.807) is 12.6 Å². The van der Waals surface area contributed by atoms with Gasteiger partial charge in [-0.2, -0.15) is 0 Å². The van der Waals surface area contributed by atoms with Gasteiger partial charge in [0.15, 0.2) is 0 Å². The van der Waals surface area contributed by atoms with Crippen LogP contribution in [0, 0.1) is 0 Å². The van der Waals surface area contributed by atoms with Gasteiger partial charge in [0.1, 0.15) is 6.34 Å². The molecule has 1 saturated heterocycles. The molecule has 36 heavy (non-hydrogen) atoms. The van der Waals surface area contributed by atoms with E-state index >= 15 is 0 Å². The van der Waals surface area contributed by atoms with Crippen molar-refractivity contribution in [1.29, 1.82) is 0 Å². The van der Waals surface area contributed by atoms with Crippen molar-refractivity contribution in [3.8, 4) is 0 Å². The van der Waals surface area contributed by atoms with Crippen LogP contribution in [-0.4, -0.2) is 63.8 Å². The summed E-state index contributed by atoms with van der Waals surface area (Å²) in [6.07, 6.45) is 13.7. The number of nitrogens with zero attached hydrogens (tertiary/aromatic N) is 3. The lowest BCUT2D eigenvalue weighted by Crippen LogP contribution is -2.35. The summed E-state index contributed by atoms with van der Waals surface area (Å²) in [5, 5.41) is 1.37. The third-order valence-electron chi connectivity index (χ3n) is 8.09. The second-order valence-electron chi connectivity index (χ2n) is 11.0. The molecule has 2 bridgehead atoms. The number of piperidine rings is 1. The van der Waals surface area contributed by atoms with E-state index in [-0.39, 0.29) is 0 Å². The van der Waals surface area contributed by atoms with Gasteiger partial charge in [-0.05, 0) is 98.0 Å². The maximum atomic E-state index is 11.5. The van der Waals surface area contributed by atoms with Gasteiger partial charge in [0.05, 0.1) is 6.04 Å². The number of aromatic amines is 1. The molecule has 1 aromatic heterocycles. The molecular weight excluding hydrogens is 464 g/mol. The minimum Gasteiger partial charge on any atom is -0.354 e. The Morgan fingerprint density at radius 2 is 2.00 bits per heavy atom. The number of H-pyrrole nitrogens is 1. The highest BCUT2D eigenvalue weighted by Gasteiger charge is 2.24. The number of nitrogens with one attached hydrogen (secondary N) is 1. The fourth-order valence-electron chi connectivity index (χ4n) is 6.01. The average molecular weight is 505 g/mol. The second kappa shape index (κ2) is 11.0. The SMILES string of the molecule is C/C1=C/C(c2[nH]c3ccc(C4CCN(CCS(C)=O)CC4)cc3c2C(C)C)=C\CCC2CC1=NC=N2. The maximum absolute atomic E-state index is 11.5. The van der Waals surface area contributed by atoms with Crippen LogP contribution in [0.3, 0.4) is 0 Å². The van der Waals surface area contributed by atoms with E-state index in [1.807, 2.05) is 0 Å². The summed E-state index contributed by atoms with van der Waals surface area (Å²) >= 11 is 0. The van der Waals surface area contributed by atoms with Crippen LogP contribution in [0.4, 0.5) is 0 Å². The Hall–Kier alpha value is -2.31. The second-order valence-corrected chi connectivity index (χ2v) is 12.6. The Labute approximate surface area is 218 Å². The first-order chi connectivity index (χ1) is 17.4. The largest absolute Gasteiger partial charge is 0.354 e. The molecule has 0 spiro atoms. The fourth-order valence-corrected chi connectivity index (χ4v) is 6.52. The van der Waals surface area contributed by atoms with Crippen molar-refractivity contribution < 1.29 is 4.21 Å². The quantitative estimate of drug-likeness (QED) is 0.508. The average Bonchev–Trinajstić information content (AvgIpc) is 3.27. The highest BCUT2D eigenvalue weighted by molar-refractivity contribution is 7.84. The molecule has 1 aliphatic carbocycles. The molecule has 192 valence electrons. The molecule has 6 heteroatoms. The zero-order chi connectivity index (χ0) is 25.2. The van der Waals surface area contributed by atoms with E-state index in [9.17, 15) is 4.21 Å². The van der Waals surface area contributed by atoms with Gasteiger partial charge in [-0.15, -0.1) is 0 Å². The molecule has 2 aromatic rings. The van der Waals surface area contributed by atoms with Gasteiger partial charge in [-0.1, -0.05) is 26.0 Å². The first-order valence-electron chi connectivity index (χ1n) is 13.5. The van der Waals surface area contributed by atoms with E-state index in [2.05, 4.69) is 71.0 Å². The Morgan fingerprint density at radius 1 is 1.19 bits per heavy atom. The number of benzene rings is 1. The Bertz CT molecular complexity index is 1260. The summed E-state index contributed by atoms with van der Waals surface area (Å²) in [6.45, 7) is 9.96. The molecule has 0 saturated carbocycles. The van der Waals surface area contributed by atoms with Crippen molar-refractivity contribution in [3.05, 3.63) is 52.7 Å². The highest BCUT2D eigenvalue weighted by atomic mass is 32.2. The lowest BCUT2D eigenvalue weighted by atomic mass is 9.87. The molecular formula is C30H40N4OS. The zero-order valence-electron chi connectivity index (χ0n) is 22.2. The number of allylic oxidation sites excluding steroid dienone is 4. The molecule has 2 aliphatic heterocycles. The summed E-state index contributed by atoms with van der Waals surface area (Å²) in [6, 6.07) is 7.44.